The van der Waals surface area contributed by atoms with E-state index in [1.807, 2.05) is 6.07 Å². The van der Waals surface area contributed by atoms with Crippen molar-refractivity contribution in [2.75, 3.05) is 0 Å². The van der Waals surface area contributed by atoms with E-state index >= 15 is 0 Å². The molecule has 4 heteroatoms. The Morgan fingerprint density at radius 2 is 2.19 bits per heavy atom. The Kier molecular flexibility index (Phi) is 4.10. The molecule has 0 bridgehead atoms. The summed E-state index contributed by atoms with van der Waals surface area (Å²) in [5.74, 6) is -0.485. The SMILES string of the molecule is C=C(C#N)C(OC(C)=O)c1ccccc1Cl. The number of carbonyl (C=O) groups excluding carboxylic acids is 1. The quantitative estimate of drug-likeness (QED) is 0.598. The van der Waals surface area contributed by atoms with Crippen LogP contribution in [0.1, 0.15) is 18.6 Å². The predicted octanol–water partition coefficient (Wildman–Crippen LogP) is 3.02. The van der Waals surface area contributed by atoms with Crippen LogP contribution in [-0.4, -0.2) is 5.97 Å². The Balaban J connectivity index is 3.12. The summed E-state index contributed by atoms with van der Waals surface area (Å²) < 4.78 is 5.02. The van der Waals surface area contributed by atoms with E-state index in [4.69, 9.17) is 21.6 Å². The summed E-state index contributed by atoms with van der Waals surface area (Å²) in [4.78, 5) is 10.9. The summed E-state index contributed by atoms with van der Waals surface area (Å²) in [7, 11) is 0. The van der Waals surface area contributed by atoms with E-state index in [-0.39, 0.29) is 5.57 Å². The highest BCUT2D eigenvalue weighted by Crippen LogP contribution is 2.30. The first-order valence-corrected chi connectivity index (χ1v) is 4.94. The zero-order chi connectivity index (χ0) is 12.1. The molecule has 0 fully saturated rings. The normalized spacial score (nSPS) is 11.3. The maximum absolute atomic E-state index is 10.9. The topological polar surface area (TPSA) is 50.1 Å². The van der Waals surface area contributed by atoms with Gasteiger partial charge in [0.05, 0.1) is 11.6 Å². The van der Waals surface area contributed by atoms with Crippen molar-refractivity contribution in [1.82, 2.24) is 0 Å². The lowest BCUT2D eigenvalue weighted by Gasteiger charge is -2.16. The Hall–Kier alpha value is -1.79. The minimum absolute atomic E-state index is 0.142. The number of hydrogen-bond donors (Lipinski definition) is 0. The Morgan fingerprint density at radius 1 is 1.56 bits per heavy atom. The smallest absolute Gasteiger partial charge is 0.303 e. The van der Waals surface area contributed by atoms with Gasteiger partial charge < -0.3 is 4.74 Å². The number of hydrogen-bond acceptors (Lipinski definition) is 3. The van der Waals surface area contributed by atoms with Crippen LogP contribution in [0.15, 0.2) is 36.4 Å². The largest absolute Gasteiger partial charge is 0.452 e. The number of rotatable bonds is 3. The van der Waals surface area contributed by atoms with Crippen molar-refractivity contribution >= 4 is 17.6 Å². The second kappa shape index (κ2) is 5.34. The van der Waals surface area contributed by atoms with Gasteiger partial charge in [-0.2, -0.15) is 5.26 Å². The highest BCUT2D eigenvalue weighted by atomic mass is 35.5. The second-order valence-corrected chi connectivity index (χ2v) is 3.56. The monoisotopic (exact) mass is 235 g/mol. The van der Waals surface area contributed by atoms with Crippen LogP contribution in [0.3, 0.4) is 0 Å². The van der Waals surface area contributed by atoms with Gasteiger partial charge in [0.1, 0.15) is 0 Å². The lowest BCUT2D eigenvalue weighted by Crippen LogP contribution is -2.10. The van der Waals surface area contributed by atoms with Gasteiger partial charge in [-0.05, 0) is 6.07 Å². The summed E-state index contributed by atoms with van der Waals surface area (Å²) in [5.41, 5.74) is 0.703. The molecule has 0 heterocycles. The van der Waals surface area contributed by atoms with Crippen molar-refractivity contribution in [1.29, 1.82) is 5.26 Å². The molecule has 82 valence electrons. The highest BCUT2D eigenvalue weighted by Gasteiger charge is 2.20. The average molecular weight is 236 g/mol. The molecule has 0 N–H and O–H groups in total. The first kappa shape index (κ1) is 12.3. The summed E-state index contributed by atoms with van der Waals surface area (Å²) >= 11 is 5.96. The van der Waals surface area contributed by atoms with Crippen LogP contribution in [0.5, 0.6) is 0 Å². The molecule has 1 aromatic carbocycles. The van der Waals surface area contributed by atoms with Gasteiger partial charge in [0.2, 0.25) is 0 Å². The fourth-order valence-corrected chi connectivity index (χ4v) is 1.47. The molecule has 3 nitrogen and oxygen atoms in total. The molecule has 0 aliphatic carbocycles. The van der Waals surface area contributed by atoms with Gasteiger partial charge in [0.15, 0.2) is 6.10 Å². The molecule has 1 rings (SSSR count). The van der Waals surface area contributed by atoms with Crippen LogP contribution in [0.4, 0.5) is 0 Å². The minimum Gasteiger partial charge on any atom is -0.452 e. The van der Waals surface area contributed by atoms with Crippen LogP contribution in [0.25, 0.3) is 0 Å². The average Bonchev–Trinajstić information content (AvgIpc) is 2.26. The zero-order valence-corrected chi connectivity index (χ0v) is 9.49. The molecule has 0 amide bonds. The Labute approximate surface area is 98.9 Å². The molecule has 0 aliphatic heterocycles. The van der Waals surface area contributed by atoms with Gasteiger partial charge in [-0.15, -0.1) is 0 Å². The number of benzene rings is 1. The van der Waals surface area contributed by atoms with Crippen LogP contribution < -0.4 is 0 Å². The van der Waals surface area contributed by atoms with Gasteiger partial charge in [-0.3, -0.25) is 4.79 Å². The number of halogens is 1. The summed E-state index contributed by atoms with van der Waals surface area (Å²) in [6, 6.07) is 8.73. The number of nitrogens with zero attached hydrogens (tertiary/aromatic N) is 1. The molecule has 1 unspecified atom stereocenters. The number of esters is 1. The van der Waals surface area contributed by atoms with E-state index in [1.54, 1.807) is 24.3 Å². The number of carbonyl (C=O) groups is 1. The van der Waals surface area contributed by atoms with Gasteiger partial charge in [0.25, 0.3) is 0 Å². The van der Waals surface area contributed by atoms with Crippen LogP contribution in [0.2, 0.25) is 5.02 Å². The standard InChI is InChI=1S/C12H10ClNO2/c1-8(7-14)12(16-9(2)15)10-5-3-4-6-11(10)13/h3-6,12H,1H2,2H3. The third kappa shape index (κ3) is 2.85. The fourth-order valence-electron chi connectivity index (χ4n) is 1.23. The third-order valence-corrected chi connectivity index (χ3v) is 2.28. The maximum atomic E-state index is 10.9. The van der Waals surface area contributed by atoms with Crippen molar-refractivity contribution < 1.29 is 9.53 Å². The molecule has 0 spiro atoms. The maximum Gasteiger partial charge on any atom is 0.303 e. The first-order valence-electron chi connectivity index (χ1n) is 4.56. The predicted molar refractivity (Wildman–Crippen MR) is 60.7 cm³/mol. The van der Waals surface area contributed by atoms with Crippen molar-refractivity contribution in [2.24, 2.45) is 0 Å². The Bertz CT molecular complexity index is 462. The lowest BCUT2D eigenvalue weighted by atomic mass is 10.0. The van der Waals surface area contributed by atoms with E-state index in [2.05, 4.69) is 6.58 Å². The molecule has 1 atom stereocenters. The summed E-state index contributed by atoms with van der Waals surface area (Å²) in [6.45, 7) is 4.82. The molecule has 0 saturated heterocycles. The summed E-state index contributed by atoms with van der Waals surface area (Å²) in [5, 5.41) is 9.22. The third-order valence-electron chi connectivity index (χ3n) is 1.93. The van der Waals surface area contributed by atoms with E-state index < -0.39 is 12.1 Å². The van der Waals surface area contributed by atoms with E-state index in [0.29, 0.717) is 10.6 Å². The van der Waals surface area contributed by atoms with Gasteiger partial charge in [-0.1, -0.05) is 36.4 Å². The van der Waals surface area contributed by atoms with Gasteiger partial charge >= 0.3 is 5.97 Å². The Morgan fingerprint density at radius 3 is 2.69 bits per heavy atom. The van der Waals surface area contributed by atoms with E-state index in [1.165, 1.54) is 6.92 Å². The van der Waals surface area contributed by atoms with Crippen molar-refractivity contribution in [3.05, 3.63) is 47.0 Å². The number of nitriles is 1. The zero-order valence-electron chi connectivity index (χ0n) is 8.74. The van der Waals surface area contributed by atoms with Crippen molar-refractivity contribution in [2.45, 2.75) is 13.0 Å². The summed E-state index contributed by atoms with van der Waals surface area (Å²) in [6.07, 6.45) is -0.809. The lowest BCUT2D eigenvalue weighted by molar-refractivity contribution is -0.144. The first-order chi connectivity index (χ1) is 7.56. The minimum atomic E-state index is -0.809. The fraction of sp³-hybridized carbons (Fsp3) is 0.167. The van der Waals surface area contributed by atoms with Crippen molar-refractivity contribution in [3.8, 4) is 6.07 Å². The molecule has 16 heavy (non-hydrogen) atoms. The molecule has 0 saturated carbocycles. The van der Waals surface area contributed by atoms with Crippen LogP contribution in [0, 0.1) is 11.3 Å². The highest BCUT2D eigenvalue weighted by molar-refractivity contribution is 6.31. The van der Waals surface area contributed by atoms with Gasteiger partial charge in [-0.25, -0.2) is 0 Å². The molecule has 0 aliphatic rings. The molecule has 0 aromatic heterocycles. The van der Waals surface area contributed by atoms with Crippen LogP contribution in [-0.2, 0) is 9.53 Å². The van der Waals surface area contributed by atoms with E-state index in [9.17, 15) is 4.79 Å². The molecule has 1 aromatic rings. The van der Waals surface area contributed by atoms with Gasteiger partial charge in [0, 0.05) is 17.5 Å². The van der Waals surface area contributed by atoms with E-state index in [0.717, 1.165) is 0 Å². The molecular formula is C12H10ClNO2. The second-order valence-electron chi connectivity index (χ2n) is 3.15. The molecular weight excluding hydrogens is 226 g/mol. The molecule has 0 radical (unpaired) electrons. The number of ether oxygens (including phenoxy) is 1. The van der Waals surface area contributed by atoms with Crippen molar-refractivity contribution in [3.63, 3.8) is 0 Å². The van der Waals surface area contributed by atoms with Crippen LogP contribution >= 0.6 is 11.6 Å².